The van der Waals surface area contributed by atoms with Crippen LogP contribution in [0.5, 0.6) is 0 Å². The SMILES string of the molecule is CC(C(=O)N1CCN(c2ccccc2F)CC1)n1nc(-n2cccn2)ccc1=O. The molecule has 1 aliphatic heterocycles. The van der Waals surface area contributed by atoms with Crippen LogP contribution in [-0.2, 0) is 4.79 Å². The minimum atomic E-state index is -0.752. The van der Waals surface area contributed by atoms with Crippen molar-refractivity contribution in [3.8, 4) is 5.82 Å². The maximum atomic E-state index is 14.0. The fourth-order valence-electron chi connectivity index (χ4n) is 3.46. The molecule has 0 radical (unpaired) electrons. The summed E-state index contributed by atoms with van der Waals surface area (Å²) in [7, 11) is 0. The average Bonchev–Trinajstić information content (AvgIpc) is 3.28. The van der Waals surface area contributed by atoms with Crippen molar-refractivity contribution in [3.63, 3.8) is 0 Å². The van der Waals surface area contributed by atoms with E-state index >= 15 is 0 Å². The maximum absolute atomic E-state index is 14.0. The zero-order valence-corrected chi connectivity index (χ0v) is 16.0. The summed E-state index contributed by atoms with van der Waals surface area (Å²) < 4.78 is 16.7. The highest BCUT2D eigenvalue weighted by Gasteiger charge is 2.28. The normalized spacial score (nSPS) is 15.4. The van der Waals surface area contributed by atoms with E-state index in [1.165, 1.54) is 21.5 Å². The zero-order valence-electron chi connectivity index (χ0n) is 16.0. The lowest BCUT2D eigenvalue weighted by molar-refractivity contribution is -0.135. The van der Waals surface area contributed by atoms with Crippen LogP contribution in [-0.4, -0.2) is 56.5 Å². The van der Waals surface area contributed by atoms with Crippen LogP contribution >= 0.6 is 0 Å². The largest absolute Gasteiger partial charge is 0.366 e. The molecule has 1 fully saturated rings. The zero-order chi connectivity index (χ0) is 20.4. The van der Waals surface area contributed by atoms with Crippen LogP contribution in [0.15, 0.2) is 59.7 Å². The molecule has 3 heterocycles. The predicted molar refractivity (Wildman–Crippen MR) is 106 cm³/mol. The number of aromatic nitrogens is 4. The van der Waals surface area contributed by atoms with Crippen LogP contribution in [0.1, 0.15) is 13.0 Å². The van der Waals surface area contributed by atoms with Crippen molar-refractivity contribution in [1.82, 2.24) is 24.5 Å². The Bertz CT molecular complexity index is 1060. The lowest BCUT2D eigenvalue weighted by Gasteiger charge is -2.37. The first-order valence-corrected chi connectivity index (χ1v) is 9.43. The van der Waals surface area contributed by atoms with E-state index in [1.807, 2.05) is 4.90 Å². The second kappa shape index (κ2) is 7.86. The van der Waals surface area contributed by atoms with Crippen molar-refractivity contribution in [1.29, 1.82) is 0 Å². The number of hydrogen-bond acceptors (Lipinski definition) is 5. The molecule has 1 atom stereocenters. The molecule has 0 saturated carbocycles. The summed E-state index contributed by atoms with van der Waals surface area (Å²) in [6, 6.07) is 10.6. The standard InChI is InChI=1S/C20H21FN6O2/c1-15(27-19(28)8-7-18(23-27)26-10-4-9-22-26)20(29)25-13-11-24(12-14-25)17-6-3-2-5-16(17)21/h2-10,15H,11-14H2,1H3. The van der Waals surface area contributed by atoms with Gasteiger partial charge in [0, 0.05) is 44.6 Å². The van der Waals surface area contributed by atoms with E-state index in [2.05, 4.69) is 10.2 Å². The molecule has 1 aliphatic rings. The predicted octanol–water partition coefficient (Wildman–Crippen LogP) is 1.48. The van der Waals surface area contributed by atoms with Gasteiger partial charge in [-0.3, -0.25) is 9.59 Å². The molecular weight excluding hydrogens is 375 g/mol. The Labute approximate surface area is 166 Å². The molecular formula is C20H21FN6O2. The summed E-state index contributed by atoms with van der Waals surface area (Å²) in [6.45, 7) is 3.60. The van der Waals surface area contributed by atoms with Crippen molar-refractivity contribution >= 4 is 11.6 Å². The molecule has 1 saturated heterocycles. The first kappa shape index (κ1) is 18.9. The molecule has 0 N–H and O–H groups in total. The van der Waals surface area contributed by atoms with Gasteiger partial charge >= 0.3 is 0 Å². The molecule has 3 aromatic rings. The third kappa shape index (κ3) is 3.75. The minimum Gasteiger partial charge on any atom is -0.366 e. The van der Waals surface area contributed by atoms with Crippen molar-refractivity contribution in [2.45, 2.75) is 13.0 Å². The lowest BCUT2D eigenvalue weighted by Crippen LogP contribution is -2.51. The van der Waals surface area contributed by atoms with Crippen molar-refractivity contribution in [3.05, 3.63) is 71.0 Å². The summed E-state index contributed by atoms with van der Waals surface area (Å²) >= 11 is 0. The van der Waals surface area contributed by atoms with Crippen molar-refractivity contribution in [2.24, 2.45) is 0 Å². The molecule has 0 aliphatic carbocycles. The molecule has 0 spiro atoms. The fraction of sp³-hybridized carbons (Fsp3) is 0.300. The van der Waals surface area contributed by atoms with Gasteiger partial charge in [0.2, 0.25) is 5.91 Å². The van der Waals surface area contributed by atoms with Crippen LogP contribution in [0.2, 0.25) is 0 Å². The summed E-state index contributed by atoms with van der Waals surface area (Å²) in [5, 5.41) is 8.40. The Morgan fingerprint density at radius 3 is 2.52 bits per heavy atom. The van der Waals surface area contributed by atoms with E-state index in [-0.39, 0.29) is 17.3 Å². The first-order chi connectivity index (χ1) is 14.0. The van der Waals surface area contributed by atoms with Crippen LogP contribution in [0.3, 0.4) is 0 Å². The molecule has 4 rings (SSSR count). The van der Waals surface area contributed by atoms with Gasteiger partial charge in [0.05, 0.1) is 5.69 Å². The molecule has 29 heavy (non-hydrogen) atoms. The number of rotatable bonds is 4. The minimum absolute atomic E-state index is 0.189. The Balaban J connectivity index is 1.47. The summed E-state index contributed by atoms with van der Waals surface area (Å²) in [4.78, 5) is 28.9. The summed E-state index contributed by atoms with van der Waals surface area (Å²) in [5.41, 5.74) is 0.184. The number of benzene rings is 1. The smallest absolute Gasteiger partial charge is 0.267 e. The van der Waals surface area contributed by atoms with E-state index in [9.17, 15) is 14.0 Å². The second-order valence-corrected chi connectivity index (χ2v) is 6.86. The van der Waals surface area contributed by atoms with E-state index in [1.54, 1.807) is 54.5 Å². The molecule has 1 aromatic carbocycles. The highest BCUT2D eigenvalue weighted by Crippen LogP contribution is 2.21. The number of halogens is 1. The van der Waals surface area contributed by atoms with Crippen LogP contribution in [0.4, 0.5) is 10.1 Å². The van der Waals surface area contributed by atoms with Gasteiger partial charge in [0.15, 0.2) is 5.82 Å². The summed E-state index contributed by atoms with van der Waals surface area (Å²) in [6.07, 6.45) is 3.33. The van der Waals surface area contributed by atoms with Gasteiger partial charge in [0.1, 0.15) is 11.9 Å². The van der Waals surface area contributed by atoms with Gasteiger partial charge in [-0.15, -0.1) is 5.10 Å². The van der Waals surface area contributed by atoms with Gasteiger partial charge in [-0.2, -0.15) is 5.10 Å². The van der Waals surface area contributed by atoms with Gasteiger partial charge in [-0.1, -0.05) is 12.1 Å². The molecule has 0 bridgehead atoms. The first-order valence-electron chi connectivity index (χ1n) is 9.43. The lowest BCUT2D eigenvalue weighted by atomic mass is 10.2. The van der Waals surface area contributed by atoms with E-state index in [0.717, 1.165) is 0 Å². The van der Waals surface area contributed by atoms with Gasteiger partial charge in [-0.25, -0.2) is 13.8 Å². The van der Waals surface area contributed by atoms with Crippen LogP contribution in [0.25, 0.3) is 5.82 Å². The quantitative estimate of drug-likeness (QED) is 0.668. The number of amides is 1. The fourth-order valence-corrected chi connectivity index (χ4v) is 3.46. The van der Waals surface area contributed by atoms with Crippen LogP contribution in [0, 0.1) is 5.82 Å². The molecule has 8 nitrogen and oxygen atoms in total. The van der Waals surface area contributed by atoms with Crippen molar-refractivity contribution < 1.29 is 9.18 Å². The molecule has 2 aromatic heterocycles. The number of carbonyl (C=O) groups is 1. The third-order valence-corrected chi connectivity index (χ3v) is 5.06. The molecule has 1 amide bonds. The van der Waals surface area contributed by atoms with E-state index in [0.29, 0.717) is 37.7 Å². The Kier molecular flexibility index (Phi) is 5.11. The van der Waals surface area contributed by atoms with Crippen molar-refractivity contribution in [2.75, 3.05) is 31.1 Å². The van der Waals surface area contributed by atoms with Gasteiger partial charge < -0.3 is 9.80 Å². The van der Waals surface area contributed by atoms with E-state index in [4.69, 9.17) is 0 Å². The molecule has 1 unspecified atom stereocenters. The highest BCUT2D eigenvalue weighted by molar-refractivity contribution is 5.80. The monoisotopic (exact) mass is 396 g/mol. The number of nitrogens with zero attached hydrogens (tertiary/aromatic N) is 6. The molecule has 9 heteroatoms. The van der Waals surface area contributed by atoms with E-state index < -0.39 is 6.04 Å². The number of piperazine rings is 1. The maximum Gasteiger partial charge on any atom is 0.267 e. The Morgan fingerprint density at radius 2 is 1.83 bits per heavy atom. The summed E-state index contributed by atoms with van der Waals surface area (Å²) in [5.74, 6) is -0.00384. The number of anilines is 1. The number of carbonyl (C=O) groups excluding carboxylic acids is 1. The third-order valence-electron chi connectivity index (χ3n) is 5.06. The Hall–Kier alpha value is -3.49. The number of hydrogen-bond donors (Lipinski definition) is 0. The number of para-hydroxylation sites is 1. The van der Waals surface area contributed by atoms with Gasteiger partial charge in [0.25, 0.3) is 5.56 Å². The van der Waals surface area contributed by atoms with Gasteiger partial charge in [-0.05, 0) is 31.2 Å². The average molecular weight is 396 g/mol. The highest BCUT2D eigenvalue weighted by atomic mass is 19.1. The van der Waals surface area contributed by atoms with Crippen LogP contribution < -0.4 is 10.5 Å². The topological polar surface area (TPSA) is 76.3 Å². The molecule has 150 valence electrons. The second-order valence-electron chi connectivity index (χ2n) is 6.86. The Morgan fingerprint density at radius 1 is 1.07 bits per heavy atom.